The van der Waals surface area contributed by atoms with Crippen LogP contribution in [-0.2, 0) is 23.1 Å². The lowest BCUT2D eigenvalue weighted by Gasteiger charge is -2.25. The first kappa shape index (κ1) is 20.2. The number of halogens is 6. The van der Waals surface area contributed by atoms with Crippen molar-refractivity contribution in [3.63, 3.8) is 0 Å². The fourth-order valence-corrected chi connectivity index (χ4v) is 3.10. The Kier molecular flexibility index (Phi) is 7.17. The number of rotatable bonds is 7. The van der Waals surface area contributed by atoms with Crippen molar-refractivity contribution >= 4 is 13.6 Å². The summed E-state index contributed by atoms with van der Waals surface area (Å²) in [5.74, 6) is -1.29. The minimum Gasteiger partial charge on any atom is -0.468 e. The molecular formula is C9H13F6O5P. The third kappa shape index (κ3) is 7.68. The lowest BCUT2D eigenvalue weighted by atomic mass is 10.3. The van der Waals surface area contributed by atoms with Crippen LogP contribution in [0.5, 0.6) is 0 Å². The number of carbonyl (C=O) groups is 1. The van der Waals surface area contributed by atoms with Gasteiger partial charge in [0, 0.05) is 0 Å². The highest BCUT2D eigenvalue weighted by Gasteiger charge is 2.46. The van der Waals surface area contributed by atoms with Crippen molar-refractivity contribution in [2.75, 3.05) is 20.3 Å². The molecule has 126 valence electrons. The van der Waals surface area contributed by atoms with Crippen LogP contribution < -0.4 is 0 Å². The maximum absolute atomic E-state index is 12.1. The summed E-state index contributed by atoms with van der Waals surface area (Å²) in [5.41, 5.74) is -1.88. The molecule has 0 aliphatic heterocycles. The van der Waals surface area contributed by atoms with Crippen molar-refractivity contribution in [2.45, 2.75) is 31.4 Å². The van der Waals surface area contributed by atoms with Crippen molar-refractivity contribution in [2.24, 2.45) is 0 Å². The molecule has 0 aliphatic rings. The van der Waals surface area contributed by atoms with E-state index in [1.165, 1.54) is 6.92 Å². The first-order chi connectivity index (χ1) is 9.34. The second-order valence-corrected chi connectivity index (χ2v) is 5.98. The van der Waals surface area contributed by atoms with E-state index in [1.54, 1.807) is 0 Å². The monoisotopic (exact) mass is 346 g/mol. The molecule has 0 amide bonds. The molecular weight excluding hydrogens is 333 g/mol. The second-order valence-electron chi connectivity index (χ2n) is 3.76. The van der Waals surface area contributed by atoms with Gasteiger partial charge in [-0.05, 0) is 6.42 Å². The number of methoxy groups -OCH3 is 1. The fraction of sp³-hybridized carbons (Fsp3) is 0.889. The predicted molar refractivity (Wildman–Crippen MR) is 57.7 cm³/mol. The van der Waals surface area contributed by atoms with Gasteiger partial charge >= 0.3 is 25.9 Å². The molecule has 0 bridgehead atoms. The van der Waals surface area contributed by atoms with Gasteiger partial charge in [0.25, 0.3) is 0 Å². The Balaban J connectivity index is 5.23. The van der Waals surface area contributed by atoms with Crippen LogP contribution in [0.2, 0.25) is 0 Å². The Morgan fingerprint density at radius 2 is 1.43 bits per heavy atom. The molecule has 0 fully saturated rings. The molecule has 0 aromatic heterocycles. The Labute approximate surface area is 116 Å². The molecule has 5 nitrogen and oxygen atoms in total. The highest BCUT2D eigenvalue weighted by molar-refractivity contribution is 7.55. The summed E-state index contributed by atoms with van der Waals surface area (Å²) in [4.78, 5) is 11.3. The number of carbonyl (C=O) groups excluding carboxylic acids is 1. The normalized spacial score (nSPS) is 14.9. The van der Waals surface area contributed by atoms with Gasteiger partial charge in [-0.25, -0.2) is 0 Å². The zero-order valence-corrected chi connectivity index (χ0v) is 11.8. The second kappa shape index (κ2) is 7.46. The molecule has 0 rings (SSSR count). The summed E-state index contributed by atoms with van der Waals surface area (Å²) in [6.07, 6.45) is -10.3. The van der Waals surface area contributed by atoms with Gasteiger partial charge in [-0.15, -0.1) is 0 Å². The largest absolute Gasteiger partial charge is 0.468 e. The molecule has 12 heteroatoms. The number of hydrogen-bond acceptors (Lipinski definition) is 5. The van der Waals surface area contributed by atoms with Crippen LogP contribution in [-0.4, -0.2) is 44.3 Å². The van der Waals surface area contributed by atoms with E-state index in [1.807, 2.05) is 0 Å². The van der Waals surface area contributed by atoms with E-state index in [0.717, 1.165) is 7.11 Å². The lowest BCUT2D eigenvalue weighted by molar-refractivity contribution is -0.167. The van der Waals surface area contributed by atoms with Gasteiger partial charge in [0.15, 0.2) is 18.9 Å². The molecule has 1 atom stereocenters. The number of ether oxygens (including phenoxy) is 1. The molecule has 0 radical (unpaired) electrons. The van der Waals surface area contributed by atoms with Crippen molar-refractivity contribution in [3.05, 3.63) is 0 Å². The van der Waals surface area contributed by atoms with Gasteiger partial charge in [0.05, 0.1) is 7.11 Å². The summed E-state index contributed by atoms with van der Waals surface area (Å²) in [6, 6.07) is 0. The quantitative estimate of drug-likeness (QED) is 0.402. The average molecular weight is 346 g/mol. The average Bonchev–Trinajstić information content (AvgIpc) is 2.33. The highest BCUT2D eigenvalue weighted by atomic mass is 31.2. The molecule has 0 spiro atoms. The summed E-state index contributed by atoms with van der Waals surface area (Å²) in [6.45, 7) is -3.02. The maximum atomic E-state index is 12.1. The third-order valence-corrected chi connectivity index (χ3v) is 4.38. The SMILES string of the molecule is CC[C@H](C(=O)OC)P(=O)(OCC(F)(F)F)OCC(F)(F)F. The molecule has 0 aliphatic carbocycles. The molecule has 21 heavy (non-hydrogen) atoms. The zero-order chi connectivity index (χ0) is 16.9. The first-order valence-corrected chi connectivity index (χ1v) is 7.06. The zero-order valence-electron chi connectivity index (χ0n) is 11.0. The molecule has 0 aromatic carbocycles. The van der Waals surface area contributed by atoms with Crippen molar-refractivity contribution in [1.82, 2.24) is 0 Å². The fourth-order valence-electron chi connectivity index (χ4n) is 1.20. The molecule has 0 unspecified atom stereocenters. The minimum absolute atomic E-state index is 0.389. The third-order valence-electron chi connectivity index (χ3n) is 2.06. The van der Waals surface area contributed by atoms with Crippen LogP contribution in [0.15, 0.2) is 0 Å². The highest BCUT2D eigenvalue weighted by Crippen LogP contribution is 2.56. The topological polar surface area (TPSA) is 61.8 Å². The summed E-state index contributed by atoms with van der Waals surface area (Å²) >= 11 is 0. The van der Waals surface area contributed by atoms with Gasteiger partial charge in [-0.1, -0.05) is 6.92 Å². The Morgan fingerprint density at radius 3 is 1.67 bits per heavy atom. The van der Waals surface area contributed by atoms with E-state index in [0.29, 0.717) is 0 Å². The molecule has 0 saturated carbocycles. The Hall–Kier alpha value is -0.800. The number of esters is 1. The van der Waals surface area contributed by atoms with E-state index in [9.17, 15) is 35.7 Å². The van der Waals surface area contributed by atoms with E-state index >= 15 is 0 Å². The van der Waals surface area contributed by atoms with Crippen LogP contribution in [0.4, 0.5) is 26.3 Å². The predicted octanol–water partition coefficient (Wildman–Crippen LogP) is 3.29. The lowest BCUT2D eigenvalue weighted by Crippen LogP contribution is -2.28. The molecule has 0 N–H and O–H groups in total. The molecule has 0 heterocycles. The maximum Gasteiger partial charge on any atom is 0.412 e. The van der Waals surface area contributed by atoms with Crippen LogP contribution in [0.25, 0.3) is 0 Å². The van der Waals surface area contributed by atoms with Crippen molar-refractivity contribution in [1.29, 1.82) is 0 Å². The Morgan fingerprint density at radius 1 is 1.05 bits per heavy atom. The van der Waals surface area contributed by atoms with Gasteiger partial charge in [-0.3, -0.25) is 18.4 Å². The summed E-state index contributed by atoms with van der Waals surface area (Å²) < 4.78 is 96.6. The van der Waals surface area contributed by atoms with E-state index in [4.69, 9.17) is 0 Å². The van der Waals surface area contributed by atoms with Gasteiger partial charge in [0.2, 0.25) is 0 Å². The van der Waals surface area contributed by atoms with Crippen LogP contribution in [0.1, 0.15) is 13.3 Å². The van der Waals surface area contributed by atoms with Crippen LogP contribution in [0, 0.1) is 0 Å². The number of alkyl halides is 6. The van der Waals surface area contributed by atoms with Gasteiger partial charge < -0.3 is 4.74 Å². The molecule has 0 saturated heterocycles. The smallest absolute Gasteiger partial charge is 0.412 e. The standard InChI is InChI=1S/C9H13F6O5P/c1-3-6(7(16)18-2)21(17,19-4-8(10,11)12)20-5-9(13,14)15/h6H,3-5H2,1-2H3/t6-/m1/s1. The van der Waals surface area contributed by atoms with E-state index < -0.39 is 44.8 Å². The van der Waals surface area contributed by atoms with Gasteiger partial charge in [0.1, 0.15) is 0 Å². The van der Waals surface area contributed by atoms with Gasteiger partial charge in [-0.2, -0.15) is 26.3 Å². The van der Waals surface area contributed by atoms with Crippen LogP contribution in [0.3, 0.4) is 0 Å². The number of hydrogen-bond donors (Lipinski definition) is 0. The summed E-state index contributed by atoms with van der Waals surface area (Å²) in [7, 11) is -4.17. The van der Waals surface area contributed by atoms with Crippen molar-refractivity contribution in [3.8, 4) is 0 Å². The summed E-state index contributed by atoms with van der Waals surface area (Å²) in [5, 5.41) is 0. The molecule has 0 aromatic rings. The van der Waals surface area contributed by atoms with E-state index in [2.05, 4.69) is 13.8 Å². The first-order valence-electron chi connectivity index (χ1n) is 5.44. The van der Waals surface area contributed by atoms with Crippen molar-refractivity contribution < 1.29 is 49.5 Å². The Bertz CT molecular complexity index is 371. The minimum atomic E-state index is -5.01. The van der Waals surface area contributed by atoms with Crippen LogP contribution >= 0.6 is 7.60 Å². The van der Waals surface area contributed by atoms with E-state index in [-0.39, 0.29) is 6.42 Å².